The minimum Gasteiger partial charge on any atom is -0.394 e. The van der Waals surface area contributed by atoms with Gasteiger partial charge in [-0.05, 0) is 24.3 Å². The van der Waals surface area contributed by atoms with Gasteiger partial charge in [0.1, 0.15) is 4.90 Å². The highest BCUT2D eigenvalue weighted by atomic mass is 32.2. The van der Waals surface area contributed by atoms with E-state index >= 15 is 0 Å². The van der Waals surface area contributed by atoms with E-state index in [1.54, 1.807) is 36.5 Å². The second-order valence-electron chi connectivity index (χ2n) is 4.73. The largest absolute Gasteiger partial charge is 0.394 e. The summed E-state index contributed by atoms with van der Waals surface area (Å²) >= 11 is 0. The van der Waals surface area contributed by atoms with Crippen molar-refractivity contribution in [1.29, 1.82) is 0 Å². The standard InChI is InChI=1S/C15H14N4O3S/c20-10-9-19(17-11-12-5-3-4-8-16-12)15-13-6-1-2-7-14(13)23(21,22)18-15/h1-8,11,20H,9-10H2. The lowest BCUT2D eigenvalue weighted by molar-refractivity contribution is 0.254. The van der Waals surface area contributed by atoms with Gasteiger partial charge in [-0.25, -0.2) is 5.01 Å². The molecule has 1 aromatic carbocycles. The van der Waals surface area contributed by atoms with Gasteiger partial charge in [0, 0.05) is 11.8 Å². The van der Waals surface area contributed by atoms with Crippen LogP contribution in [0, 0.1) is 0 Å². The SMILES string of the molecule is O=S1(=O)N=C(N(CCO)N=Cc2ccccn2)c2ccccc21. The summed E-state index contributed by atoms with van der Waals surface area (Å²) in [5, 5.41) is 14.8. The zero-order valence-corrected chi connectivity index (χ0v) is 12.9. The van der Waals surface area contributed by atoms with Gasteiger partial charge in [0.05, 0.1) is 25.1 Å². The Bertz CT molecular complexity index is 863. The van der Waals surface area contributed by atoms with Crippen molar-refractivity contribution in [3.8, 4) is 0 Å². The van der Waals surface area contributed by atoms with Crippen LogP contribution in [0.2, 0.25) is 0 Å². The minimum absolute atomic E-state index is 0.117. The number of amidine groups is 1. The van der Waals surface area contributed by atoms with Crippen molar-refractivity contribution in [2.24, 2.45) is 9.50 Å². The highest BCUT2D eigenvalue weighted by molar-refractivity contribution is 7.90. The molecule has 0 aliphatic carbocycles. The van der Waals surface area contributed by atoms with E-state index in [9.17, 15) is 13.5 Å². The molecule has 2 aromatic rings. The minimum atomic E-state index is -3.73. The van der Waals surface area contributed by atoms with E-state index in [1.165, 1.54) is 17.3 Å². The van der Waals surface area contributed by atoms with E-state index in [0.29, 0.717) is 11.3 Å². The van der Waals surface area contributed by atoms with Gasteiger partial charge in [-0.2, -0.15) is 13.5 Å². The van der Waals surface area contributed by atoms with Gasteiger partial charge in [-0.1, -0.05) is 18.2 Å². The summed E-state index contributed by atoms with van der Waals surface area (Å²) in [6, 6.07) is 11.9. The van der Waals surface area contributed by atoms with Gasteiger partial charge in [0.15, 0.2) is 5.84 Å². The molecule has 3 rings (SSSR count). The first-order valence-electron chi connectivity index (χ1n) is 6.89. The Kier molecular flexibility index (Phi) is 4.18. The Morgan fingerprint density at radius 1 is 1.17 bits per heavy atom. The molecular formula is C15H14N4O3S. The molecule has 0 saturated carbocycles. The summed E-state index contributed by atoms with van der Waals surface area (Å²) in [6.45, 7) is -0.0766. The van der Waals surface area contributed by atoms with Crippen molar-refractivity contribution >= 4 is 22.1 Å². The van der Waals surface area contributed by atoms with Gasteiger partial charge in [0.25, 0.3) is 10.0 Å². The third kappa shape index (κ3) is 3.13. The molecular weight excluding hydrogens is 316 g/mol. The monoisotopic (exact) mass is 330 g/mol. The molecule has 118 valence electrons. The summed E-state index contributed by atoms with van der Waals surface area (Å²) < 4.78 is 28.0. The highest BCUT2D eigenvalue weighted by Gasteiger charge is 2.31. The number of aromatic nitrogens is 1. The number of nitrogens with zero attached hydrogens (tertiary/aromatic N) is 4. The summed E-state index contributed by atoms with van der Waals surface area (Å²) in [6.07, 6.45) is 3.12. The Balaban J connectivity index is 1.98. The lowest BCUT2D eigenvalue weighted by Gasteiger charge is -2.17. The molecule has 0 spiro atoms. The van der Waals surface area contributed by atoms with E-state index in [1.807, 2.05) is 6.07 Å². The molecule has 2 heterocycles. The molecule has 1 aliphatic heterocycles. The van der Waals surface area contributed by atoms with E-state index in [-0.39, 0.29) is 23.9 Å². The molecule has 0 amide bonds. The van der Waals surface area contributed by atoms with Crippen LogP contribution in [0.1, 0.15) is 11.3 Å². The van der Waals surface area contributed by atoms with Crippen LogP contribution in [0.3, 0.4) is 0 Å². The molecule has 0 atom stereocenters. The van der Waals surface area contributed by atoms with Gasteiger partial charge < -0.3 is 5.11 Å². The molecule has 1 aliphatic rings. The second-order valence-corrected chi connectivity index (χ2v) is 6.30. The highest BCUT2D eigenvalue weighted by Crippen LogP contribution is 2.27. The third-order valence-electron chi connectivity index (χ3n) is 3.19. The number of hydrogen-bond donors (Lipinski definition) is 1. The van der Waals surface area contributed by atoms with Crippen LogP contribution in [-0.4, -0.2) is 48.7 Å². The molecule has 0 fully saturated rings. The fourth-order valence-electron chi connectivity index (χ4n) is 2.17. The zero-order chi connectivity index (χ0) is 16.3. The fourth-order valence-corrected chi connectivity index (χ4v) is 3.38. The van der Waals surface area contributed by atoms with E-state index in [2.05, 4.69) is 14.5 Å². The maximum absolute atomic E-state index is 12.1. The Labute approximate surface area is 133 Å². The first-order valence-corrected chi connectivity index (χ1v) is 8.33. The van der Waals surface area contributed by atoms with Gasteiger partial charge in [-0.3, -0.25) is 4.98 Å². The molecule has 8 heteroatoms. The maximum Gasteiger partial charge on any atom is 0.285 e. The number of pyridine rings is 1. The third-order valence-corrected chi connectivity index (χ3v) is 4.51. The van der Waals surface area contributed by atoms with Crippen molar-refractivity contribution in [2.45, 2.75) is 4.90 Å². The Morgan fingerprint density at radius 3 is 2.70 bits per heavy atom. The summed E-state index contributed by atoms with van der Waals surface area (Å²) in [5.41, 5.74) is 1.09. The smallest absolute Gasteiger partial charge is 0.285 e. The molecule has 0 radical (unpaired) electrons. The number of aliphatic hydroxyl groups is 1. The first-order chi connectivity index (χ1) is 11.1. The molecule has 23 heavy (non-hydrogen) atoms. The molecule has 1 aromatic heterocycles. The number of hydrogen-bond acceptors (Lipinski definition) is 6. The lowest BCUT2D eigenvalue weighted by atomic mass is 10.2. The number of fused-ring (bicyclic) bond motifs is 1. The van der Waals surface area contributed by atoms with Crippen LogP contribution in [0.15, 0.2) is 63.1 Å². The summed E-state index contributed by atoms with van der Waals surface area (Å²) in [5.74, 6) is 0.196. The number of rotatable bonds is 4. The van der Waals surface area contributed by atoms with Crippen molar-refractivity contribution in [2.75, 3.05) is 13.2 Å². The van der Waals surface area contributed by atoms with Crippen LogP contribution in [0.4, 0.5) is 0 Å². The average molecular weight is 330 g/mol. The van der Waals surface area contributed by atoms with Crippen molar-refractivity contribution < 1.29 is 13.5 Å². The van der Waals surface area contributed by atoms with Crippen LogP contribution < -0.4 is 0 Å². The number of hydrazone groups is 1. The lowest BCUT2D eigenvalue weighted by Crippen LogP contribution is -2.29. The van der Waals surface area contributed by atoms with Gasteiger partial charge >= 0.3 is 0 Å². The molecule has 1 N–H and O–H groups in total. The number of sulfonamides is 1. The number of benzene rings is 1. The van der Waals surface area contributed by atoms with Crippen molar-refractivity contribution in [3.05, 3.63) is 59.9 Å². The molecule has 0 unspecified atom stereocenters. The Morgan fingerprint density at radius 2 is 1.96 bits per heavy atom. The van der Waals surface area contributed by atoms with Crippen molar-refractivity contribution in [3.63, 3.8) is 0 Å². The summed E-state index contributed by atoms with van der Waals surface area (Å²) in [7, 11) is -3.73. The predicted molar refractivity (Wildman–Crippen MR) is 85.8 cm³/mol. The normalized spacial score (nSPS) is 15.4. The quantitative estimate of drug-likeness (QED) is 0.662. The van der Waals surface area contributed by atoms with E-state index in [0.717, 1.165) is 0 Å². The summed E-state index contributed by atoms with van der Waals surface area (Å²) in [4.78, 5) is 4.26. The van der Waals surface area contributed by atoms with E-state index in [4.69, 9.17) is 0 Å². The predicted octanol–water partition coefficient (Wildman–Crippen LogP) is 0.859. The Hall–Kier alpha value is -2.58. The number of aliphatic hydroxyl groups excluding tert-OH is 1. The van der Waals surface area contributed by atoms with Gasteiger partial charge in [-0.15, -0.1) is 4.40 Å². The van der Waals surface area contributed by atoms with Gasteiger partial charge in [0.2, 0.25) is 0 Å². The first kappa shape index (κ1) is 15.3. The molecule has 0 bridgehead atoms. The van der Waals surface area contributed by atoms with E-state index < -0.39 is 10.0 Å². The maximum atomic E-state index is 12.1. The van der Waals surface area contributed by atoms with Crippen LogP contribution in [0.5, 0.6) is 0 Å². The van der Waals surface area contributed by atoms with Crippen molar-refractivity contribution in [1.82, 2.24) is 9.99 Å². The molecule has 7 nitrogen and oxygen atoms in total. The zero-order valence-electron chi connectivity index (χ0n) is 12.1. The van der Waals surface area contributed by atoms with Crippen LogP contribution in [-0.2, 0) is 10.0 Å². The average Bonchev–Trinajstić information content (AvgIpc) is 2.84. The fraction of sp³-hybridized carbons (Fsp3) is 0.133. The second kappa shape index (κ2) is 6.27. The van der Waals surface area contributed by atoms with Crippen LogP contribution in [0.25, 0.3) is 0 Å². The van der Waals surface area contributed by atoms with Crippen LogP contribution >= 0.6 is 0 Å². The molecule has 0 saturated heterocycles. The topological polar surface area (TPSA) is 95.2 Å².